The quantitative estimate of drug-likeness (QED) is 0.0188. The van der Waals surface area contributed by atoms with Gasteiger partial charge in [0, 0.05) is 266 Å². The zero-order valence-corrected chi connectivity index (χ0v) is 83.9. The van der Waals surface area contributed by atoms with Gasteiger partial charge >= 0.3 is 0 Å². The van der Waals surface area contributed by atoms with E-state index in [2.05, 4.69) is 146 Å². The molecule has 5 fully saturated rings. The van der Waals surface area contributed by atoms with Crippen molar-refractivity contribution in [2.24, 2.45) is 35.2 Å². The van der Waals surface area contributed by atoms with Crippen LogP contribution in [0.4, 0.5) is 29.1 Å². The van der Waals surface area contributed by atoms with Crippen molar-refractivity contribution >= 4 is 65.6 Å². The standard InChI is InChI=1S/C24H39N7OSi.C20H29N7.C19H27N7.C18H25N7O.C18H25N7/c1-24(2,3)33(5,6)32-11-10-26-19-9-7-8-17(12-19)21-13-22(25)31-23(29-21)20(15-28-31)18-14-27-30(4)16-18;1-4-26(5-2)16-8-6-7-14(9-16)18-10-19(21)27-20(24-18)17(12-23-27)15-11-22-25(3)13-15;1-12(2)23-15-6-4-5-13(7-15)17-8-18(20)26-19(24-17)16(10-22-26)14-9-21-25(3)11-14;1-24-11-13(9-21-24)15-10-22-25-17(19)8-16(23-18(15)25)12-3-2-4-14(7-12)20-5-6-26;1-3-20-14-6-4-5-12(7-14)16-8-17(19)25-18(23-16)15(10-22-25)13-9-21-24(2)11-13/h13-17,19,26H,7-12,25H2,1-6H3;10-14,16H,4-9,21H2,1-3H3;8-13,15,23H,4-7,20H2,1-3H3;8-12,14,20,26H,2-7,19H2,1H3;8-12,14,20H,3-7,19H2,1-2H3/t17?,19-;14?,16-;13?,15-;2*12?,14-/m11111/s1. The van der Waals surface area contributed by atoms with Crippen LogP contribution >= 0.6 is 0 Å². The van der Waals surface area contributed by atoms with Gasteiger partial charge in [-0.1, -0.05) is 87.5 Å². The molecule has 0 aromatic carbocycles. The van der Waals surface area contributed by atoms with Crippen molar-refractivity contribution in [1.82, 2.24) is 148 Å². The smallest absolute Gasteiger partial charge is 0.192 e. The number of aliphatic hydroxyl groups excluding tert-OH is 1. The van der Waals surface area contributed by atoms with Crippen LogP contribution in [0.2, 0.25) is 18.1 Å². The number of anilines is 5. The van der Waals surface area contributed by atoms with E-state index >= 15 is 0 Å². The molecule has 15 N–H and O–H groups in total. The average molecular weight is 1890 g/mol. The van der Waals surface area contributed by atoms with Crippen molar-refractivity contribution in [3.63, 3.8) is 0 Å². The van der Waals surface area contributed by atoms with E-state index in [9.17, 15) is 0 Å². The van der Waals surface area contributed by atoms with Crippen LogP contribution in [0.3, 0.4) is 0 Å². The van der Waals surface area contributed by atoms with Crippen LogP contribution in [-0.4, -0.2) is 222 Å². The van der Waals surface area contributed by atoms with Crippen molar-refractivity contribution in [2.75, 3.05) is 74.6 Å². The van der Waals surface area contributed by atoms with Gasteiger partial charge in [0.25, 0.3) is 0 Å². The van der Waals surface area contributed by atoms with Gasteiger partial charge < -0.3 is 64.4 Å². The summed E-state index contributed by atoms with van der Waals surface area (Å²) in [5, 5.41) is 67.2. The van der Waals surface area contributed by atoms with Gasteiger partial charge in [0.05, 0.1) is 68.6 Å². The second kappa shape index (κ2) is 43.4. The number of aromatic nitrogens is 25. The van der Waals surface area contributed by atoms with Crippen LogP contribution < -0.4 is 49.9 Å². The minimum atomic E-state index is -1.69. The maximum absolute atomic E-state index is 9.04. The first-order valence-electron chi connectivity index (χ1n) is 49.6. The summed E-state index contributed by atoms with van der Waals surface area (Å²) in [6, 6.07) is 13.1. The van der Waals surface area contributed by atoms with E-state index in [0.29, 0.717) is 101 Å². The van der Waals surface area contributed by atoms with Crippen LogP contribution in [0.25, 0.3) is 83.9 Å². The molecule has 0 aliphatic heterocycles. The molecule has 37 nitrogen and oxygen atoms in total. The molecule has 15 heterocycles. The number of rotatable bonds is 25. The second-order valence-corrected chi connectivity index (χ2v) is 44.9. The molecule has 0 saturated heterocycles. The maximum atomic E-state index is 9.04. The topological polar surface area (TPSA) is 451 Å². The fourth-order valence-corrected chi connectivity index (χ4v) is 21.8. The van der Waals surface area contributed by atoms with Crippen molar-refractivity contribution in [1.29, 1.82) is 0 Å². The molecule has 0 bridgehead atoms. The molecule has 20 rings (SSSR count). The molecule has 15 aromatic rings. The minimum Gasteiger partial charge on any atom is -0.416 e. The number of nitrogens with one attached hydrogen (secondary N) is 4. The summed E-state index contributed by atoms with van der Waals surface area (Å²) in [6.45, 7) is 28.3. The molecule has 732 valence electrons. The lowest BCUT2D eigenvalue weighted by atomic mass is 9.82. The predicted molar refractivity (Wildman–Crippen MR) is 544 cm³/mol. The van der Waals surface area contributed by atoms with Gasteiger partial charge in [-0.05, 0) is 134 Å². The normalized spacial score (nSPS) is 20.6. The molecular weight excluding hydrogens is 1740 g/mol. The fourth-order valence-electron chi connectivity index (χ4n) is 20.8. The molecule has 5 aliphatic carbocycles. The van der Waals surface area contributed by atoms with Gasteiger partial charge in [-0.3, -0.25) is 23.4 Å². The number of nitrogens with zero attached hydrogens (tertiary/aromatic N) is 26. The molecule has 10 atom stereocenters. The third-order valence-electron chi connectivity index (χ3n) is 28.8. The highest BCUT2D eigenvalue weighted by atomic mass is 28.4. The van der Waals surface area contributed by atoms with Gasteiger partial charge in [-0.15, -0.1) is 0 Å². The summed E-state index contributed by atoms with van der Waals surface area (Å²) < 4.78 is 23.9. The summed E-state index contributed by atoms with van der Waals surface area (Å²) in [7, 11) is 7.84. The van der Waals surface area contributed by atoms with Gasteiger partial charge in [0.15, 0.2) is 36.6 Å². The first-order valence-corrected chi connectivity index (χ1v) is 52.5. The molecule has 15 aromatic heterocycles. The number of aryl methyl sites for hydroxylation is 5. The summed E-state index contributed by atoms with van der Waals surface area (Å²) in [5.74, 6) is 5.24. The Hall–Kier alpha value is -11.9. The van der Waals surface area contributed by atoms with Crippen LogP contribution in [0, 0.1) is 0 Å². The Bertz CT molecular complexity index is 6500. The summed E-state index contributed by atoms with van der Waals surface area (Å²) in [4.78, 5) is 27.5. The maximum Gasteiger partial charge on any atom is 0.192 e. The minimum absolute atomic E-state index is 0.169. The summed E-state index contributed by atoms with van der Waals surface area (Å²) in [5.41, 5.74) is 50.8. The molecule has 5 aliphatic rings. The zero-order valence-electron chi connectivity index (χ0n) is 82.9. The molecule has 5 unspecified atom stereocenters. The highest BCUT2D eigenvalue weighted by molar-refractivity contribution is 6.74. The number of hydrogen-bond acceptors (Lipinski definition) is 27. The molecule has 0 amide bonds. The van der Waals surface area contributed by atoms with Crippen molar-refractivity contribution in [3.05, 3.63) is 152 Å². The highest BCUT2D eigenvalue weighted by Crippen LogP contribution is 2.43. The molecule has 38 heteroatoms. The first kappa shape index (κ1) is 98.1. The van der Waals surface area contributed by atoms with E-state index in [1.54, 1.807) is 52.2 Å². The number of aliphatic hydroxyl groups is 1. The predicted octanol–water partition coefficient (Wildman–Crippen LogP) is 13.8. The summed E-state index contributed by atoms with van der Waals surface area (Å²) in [6.07, 6.45) is 51.5. The van der Waals surface area contributed by atoms with E-state index in [-0.39, 0.29) is 11.6 Å². The number of hydrogen-bond donors (Lipinski definition) is 10. The fraction of sp³-hybridized carbons (Fsp3) is 0.545. The lowest BCUT2D eigenvalue weighted by Gasteiger charge is -2.36. The van der Waals surface area contributed by atoms with E-state index in [4.69, 9.17) is 63.1 Å². The van der Waals surface area contributed by atoms with Crippen LogP contribution in [-0.2, 0) is 39.7 Å². The highest BCUT2D eigenvalue weighted by Gasteiger charge is 2.38. The van der Waals surface area contributed by atoms with Gasteiger partial charge in [0.2, 0.25) is 0 Å². The lowest BCUT2D eigenvalue weighted by Crippen LogP contribution is -2.43. The molecule has 137 heavy (non-hydrogen) atoms. The molecule has 0 radical (unpaired) electrons. The van der Waals surface area contributed by atoms with Gasteiger partial charge in [-0.25, -0.2) is 24.9 Å². The summed E-state index contributed by atoms with van der Waals surface area (Å²) >= 11 is 0. The monoisotopic (exact) mass is 1880 g/mol. The Morgan fingerprint density at radius 3 is 0.934 bits per heavy atom. The Kier molecular flexibility index (Phi) is 31.1. The number of fused-ring (bicyclic) bond motifs is 5. The van der Waals surface area contributed by atoms with E-state index in [0.717, 1.165) is 209 Å². The largest absolute Gasteiger partial charge is 0.416 e. The SMILES string of the molecule is CC(C)N[C@@H]1CCCC(c2cc(N)n3ncc(-c4cnn(C)c4)c3n2)C1.CCN(CC)[C@@H]1CCCC(c2cc(N)n3ncc(-c4cnn(C)c4)c3n2)C1.CCN[C@@H]1CCCC(c2cc(N)n3ncc(-c4cnn(C)c4)c3n2)C1.Cn1cc(-c2cnn3c(N)cc(C4CCC[C@@H](NCCO)C4)nc23)cn1.Cn1cc(-c2cnn3c(N)cc(C4CCC[C@@H](NCCO[Si](C)(C)C(C)(C)C)C4)nc23)cn1. The van der Waals surface area contributed by atoms with E-state index < -0.39 is 8.32 Å². The van der Waals surface area contributed by atoms with Gasteiger partial charge in [-0.2, -0.15) is 73.6 Å². The van der Waals surface area contributed by atoms with E-state index in [1.165, 1.54) is 64.2 Å². The van der Waals surface area contributed by atoms with Crippen LogP contribution in [0.15, 0.2) is 123 Å². The third-order valence-corrected chi connectivity index (χ3v) is 33.4. The number of nitrogen functional groups attached to an aromatic ring is 5. The average Bonchev–Trinajstić information content (AvgIpc) is 1.65. The van der Waals surface area contributed by atoms with E-state index in [1.807, 2.05) is 152 Å². The molecule has 5 saturated carbocycles. The Morgan fingerprint density at radius 2 is 0.664 bits per heavy atom. The Balaban J connectivity index is 0.000000124. The number of nitrogens with two attached hydrogens (primary N) is 5. The second-order valence-electron chi connectivity index (χ2n) is 40.1. The van der Waals surface area contributed by atoms with Crippen LogP contribution in [0.5, 0.6) is 0 Å². The Morgan fingerprint density at radius 1 is 0.387 bits per heavy atom. The first-order chi connectivity index (χ1) is 66.0. The lowest BCUT2D eigenvalue weighted by molar-refractivity contribution is 0.160. The third kappa shape index (κ3) is 22.9. The molecule has 0 spiro atoms. The van der Waals surface area contributed by atoms with Crippen molar-refractivity contribution < 1.29 is 9.53 Å². The van der Waals surface area contributed by atoms with Crippen LogP contribution in [0.1, 0.15) is 242 Å². The van der Waals surface area contributed by atoms with Crippen molar-refractivity contribution in [3.8, 4) is 55.6 Å². The molecular formula is C99H145N35O2Si. The zero-order chi connectivity index (χ0) is 96.5. The van der Waals surface area contributed by atoms with Crippen molar-refractivity contribution in [2.45, 2.75) is 268 Å². The Labute approximate surface area is 803 Å². The van der Waals surface area contributed by atoms with Gasteiger partial charge in [0.1, 0.15) is 29.1 Å².